The molecule has 0 aliphatic carbocycles. The second-order valence-electron chi connectivity index (χ2n) is 13.8. The molecule has 3 aliphatic heterocycles. The number of anilines is 1. The van der Waals surface area contributed by atoms with Gasteiger partial charge in [-0.15, -0.1) is 0 Å². The molecule has 3 aliphatic rings. The molecule has 0 bridgehead atoms. The Bertz CT molecular complexity index is 1290. The molecule has 5 rings (SSSR count). The van der Waals surface area contributed by atoms with Gasteiger partial charge in [0, 0.05) is 88.1 Å². The van der Waals surface area contributed by atoms with E-state index in [1.165, 1.54) is 11.1 Å². The van der Waals surface area contributed by atoms with Crippen LogP contribution in [0, 0.1) is 18.8 Å². The van der Waals surface area contributed by atoms with Crippen LogP contribution in [0.5, 0.6) is 0 Å². The monoisotopic (exact) mass is 637 g/mol. The Morgan fingerprint density at radius 2 is 1.69 bits per heavy atom. The molecule has 2 aromatic rings. The van der Waals surface area contributed by atoms with E-state index < -0.39 is 0 Å². The van der Waals surface area contributed by atoms with Crippen LogP contribution in [0.3, 0.4) is 0 Å². The fourth-order valence-corrected chi connectivity index (χ4v) is 7.39. The number of nitrogens with one attached hydrogen (secondary N) is 1. The summed E-state index contributed by atoms with van der Waals surface area (Å²) in [5.74, 6) is 0.663. The maximum absolute atomic E-state index is 14.2. The van der Waals surface area contributed by atoms with E-state index in [1.54, 1.807) is 0 Å². The molecule has 0 radical (unpaired) electrons. The Balaban J connectivity index is 1.29. The number of carbonyl (C=O) groups is 2. The van der Waals surface area contributed by atoms with Crippen molar-refractivity contribution in [1.82, 2.24) is 20.0 Å². The summed E-state index contributed by atoms with van der Waals surface area (Å²) in [5, 5.41) is 4.06. The van der Waals surface area contributed by atoms with Crippen LogP contribution in [0.1, 0.15) is 61.8 Å². The van der Waals surface area contributed by atoms with Crippen molar-refractivity contribution < 1.29 is 14.3 Å². The van der Waals surface area contributed by atoms with Crippen LogP contribution in [0.4, 0.5) is 5.69 Å². The average molecular weight is 638 g/mol. The zero-order valence-electron chi connectivity index (χ0n) is 27.8. The number of aryl methyl sites for hydroxylation is 1. The summed E-state index contributed by atoms with van der Waals surface area (Å²) in [6, 6.07) is 15.1. The Labute approximate surface area is 275 Å². The number of ether oxygens (including phenoxy) is 1. The van der Waals surface area contributed by atoms with Crippen molar-refractivity contribution in [2.24, 2.45) is 11.8 Å². The third-order valence-corrected chi connectivity index (χ3v) is 10.1. The standard InChI is InChI=1S/C36H52ClN5O3/c1-25(2)35(38-34(43)12-15-39(4)5)30-22-26(3)6-11-33(30)40-16-18-41(19-17-40)36(44)32-24-42(29-13-20-45-21-14-29)23-31(32)27-7-9-28(37)10-8-27/h6-11,22,25,29,31-32,35H,12-21,23-24H2,1-5H3,(H,38,43)/t31?,32?,35-/m0/s1. The molecule has 3 fully saturated rings. The number of likely N-dealkylation sites (tertiary alicyclic amines) is 1. The summed E-state index contributed by atoms with van der Waals surface area (Å²) in [6.45, 7) is 13.4. The maximum atomic E-state index is 14.2. The Kier molecular flexibility index (Phi) is 11.5. The van der Waals surface area contributed by atoms with E-state index in [4.69, 9.17) is 16.3 Å². The van der Waals surface area contributed by atoms with Crippen molar-refractivity contribution in [2.45, 2.75) is 58.0 Å². The minimum atomic E-state index is -0.0796. The highest BCUT2D eigenvalue weighted by Gasteiger charge is 2.43. The van der Waals surface area contributed by atoms with Crippen LogP contribution >= 0.6 is 11.6 Å². The van der Waals surface area contributed by atoms with E-state index in [-0.39, 0.29) is 35.6 Å². The first-order chi connectivity index (χ1) is 21.6. The summed E-state index contributed by atoms with van der Waals surface area (Å²) < 4.78 is 5.64. The quantitative estimate of drug-likeness (QED) is 0.398. The molecule has 45 heavy (non-hydrogen) atoms. The summed E-state index contributed by atoms with van der Waals surface area (Å²) >= 11 is 6.23. The fourth-order valence-electron chi connectivity index (χ4n) is 7.27. The third kappa shape index (κ3) is 8.39. The number of carbonyl (C=O) groups excluding carboxylic acids is 2. The van der Waals surface area contributed by atoms with Gasteiger partial charge in [-0.2, -0.15) is 0 Å². The molecule has 2 amide bonds. The largest absolute Gasteiger partial charge is 0.381 e. The lowest BCUT2D eigenvalue weighted by atomic mass is 9.88. The predicted molar refractivity (Wildman–Crippen MR) is 182 cm³/mol. The molecule has 246 valence electrons. The number of nitrogens with zero attached hydrogens (tertiary/aromatic N) is 4. The maximum Gasteiger partial charge on any atom is 0.227 e. The van der Waals surface area contributed by atoms with Gasteiger partial charge in [0.25, 0.3) is 0 Å². The third-order valence-electron chi connectivity index (χ3n) is 9.89. The van der Waals surface area contributed by atoms with E-state index in [0.29, 0.717) is 25.6 Å². The van der Waals surface area contributed by atoms with Crippen LogP contribution in [-0.4, -0.2) is 106 Å². The summed E-state index contributed by atoms with van der Waals surface area (Å²) in [7, 11) is 3.98. The first-order valence-corrected chi connectivity index (χ1v) is 17.1. The number of halogens is 1. The van der Waals surface area contributed by atoms with Crippen LogP contribution in [0.2, 0.25) is 5.02 Å². The summed E-state index contributed by atoms with van der Waals surface area (Å²) in [6.07, 6.45) is 2.53. The van der Waals surface area contributed by atoms with Gasteiger partial charge in [0.05, 0.1) is 12.0 Å². The molecule has 0 aromatic heterocycles. The van der Waals surface area contributed by atoms with E-state index in [9.17, 15) is 9.59 Å². The van der Waals surface area contributed by atoms with Gasteiger partial charge in [-0.3, -0.25) is 14.5 Å². The molecule has 2 unspecified atom stereocenters. The van der Waals surface area contributed by atoms with Gasteiger partial charge in [0.2, 0.25) is 11.8 Å². The van der Waals surface area contributed by atoms with E-state index in [0.717, 1.165) is 75.1 Å². The topological polar surface area (TPSA) is 68.4 Å². The SMILES string of the molecule is Cc1ccc(N2CCN(C(=O)C3CN(C4CCOCC4)CC3c3ccc(Cl)cc3)CC2)c([C@@H](NC(=O)CCN(C)C)C(C)C)c1. The van der Waals surface area contributed by atoms with Crippen molar-refractivity contribution in [3.8, 4) is 0 Å². The molecule has 0 saturated carbocycles. The van der Waals surface area contributed by atoms with Gasteiger partial charge in [-0.25, -0.2) is 0 Å². The first-order valence-electron chi connectivity index (χ1n) is 16.8. The molecule has 8 nitrogen and oxygen atoms in total. The van der Waals surface area contributed by atoms with Crippen LogP contribution in [0.15, 0.2) is 42.5 Å². The molecular formula is C36H52ClN5O3. The predicted octanol–water partition coefficient (Wildman–Crippen LogP) is 4.96. The van der Waals surface area contributed by atoms with Gasteiger partial charge >= 0.3 is 0 Å². The highest BCUT2D eigenvalue weighted by molar-refractivity contribution is 6.30. The van der Waals surface area contributed by atoms with Gasteiger partial charge < -0.3 is 24.8 Å². The number of benzene rings is 2. The van der Waals surface area contributed by atoms with Crippen LogP contribution in [0.25, 0.3) is 0 Å². The number of amides is 2. The average Bonchev–Trinajstić information content (AvgIpc) is 3.48. The lowest BCUT2D eigenvalue weighted by Gasteiger charge is -2.39. The van der Waals surface area contributed by atoms with Crippen LogP contribution in [-0.2, 0) is 14.3 Å². The molecule has 0 spiro atoms. The molecule has 2 aromatic carbocycles. The van der Waals surface area contributed by atoms with Gasteiger partial charge in [-0.05, 0) is 69.1 Å². The highest BCUT2D eigenvalue weighted by atomic mass is 35.5. The lowest BCUT2D eigenvalue weighted by Crippen LogP contribution is -2.51. The van der Waals surface area contributed by atoms with E-state index in [2.05, 4.69) is 71.1 Å². The normalized spacial score (nSPS) is 22.3. The van der Waals surface area contributed by atoms with Crippen molar-refractivity contribution in [3.05, 3.63) is 64.2 Å². The van der Waals surface area contributed by atoms with Gasteiger partial charge in [-0.1, -0.05) is 55.3 Å². The van der Waals surface area contributed by atoms with Gasteiger partial charge in [0.1, 0.15) is 0 Å². The Morgan fingerprint density at radius 1 is 1.00 bits per heavy atom. The number of hydrogen-bond donors (Lipinski definition) is 1. The molecular weight excluding hydrogens is 586 g/mol. The fraction of sp³-hybridized carbons (Fsp3) is 0.611. The van der Waals surface area contributed by atoms with Crippen molar-refractivity contribution in [3.63, 3.8) is 0 Å². The summed E-state index contributed by atoms with van der Waals surface area (Å²) in [5.41, 5.74) is 4.69. The molecule has 3 heterocycles. The molecule has 3 saturated heterocycles. The van der Waals surface area contributed by atoms with E-state index >= 15 is 0 Å². The minimum Gasteiger partial charge on any atom is -0.381 e. The minimum absolute atomic E-state index is 0.0711. The summed E-state index contributed by atoms with van der Waals surface area (Å²) in [4.78, 5) is 36.2. The van der Waals surface area contributed by atoms with Crippen molar-refractivity contribution in [2.75, 3.05) is 78.0 Å². The van der Waals surface area contributed by atoms with Crippen molar-refractivity contribution in [1.29, 1.82) is 0 Å². The highest BCUT2D eigenvalue weighted by Crippen LogP contribution is 2.38. The van der Waals surface area contributed by atoms with Crippen LogP contribution < -0.4 is 10.2 Å². The smallest absolute Gasteiger partial charge is 0.227 e. The Hall–Kier alpha value is -2.65. The lowest BCUT2D eigenvalue weighted by molar-refractivity contribution is -0.136. The molecule has 1 N–H and O–H groups in total. The van der Waals surface area contributed by atoms with Gasteiger partial charge in [0.15, 0.2) is 0 Å². The first kappa shape index (κ1) is 33.7. The molecule has 3 atom stereocenters. The van der Waals surface area contributed by atoms with Crippen molar-refractivity contribution >= 4 is 29.1 Å². The van der Waals surface area contributed by atoms with E-state index in [1.807, 2.05) is 31.1 Å². The number of rotatable bonds is 10. The second-order valence-corrected chi connectivity index (χ2v) is 14.2. The number of hydrogen-bond acceptors (Lipinski definition) is 6. The zero-order chi connectivity index (χ0) is 32.1. The number of piperazine rings is 1. The second kappa shape index (κ2) is 15.3. The Morgan fingerprint density at radius 3 is 2.33 bits per heavy atom. The molecule has 9 heteroatoms. The zero-order valence-corrected chi connectivity index (χ0v) is 28.6.